The highest BCUT2D eigenvalue weighted by Gasteiger charge is 2.55. The normalized spacial score (nSPS) is 41.0. The summed E-state index contributed by atoms with van der Waals surface area (Å²) in [5.41, 5.74) is 48.9. The Kier molecular flexibility index (Phi) is 22.5. The van der Waals surface area contributed by atoms with E-state index in [1.165, 1.54) is 0 Å². The second kappa shape index (κ2) is 26.4. The van der Waals surface area contributed by atoms with Crippen LogP contribution in [-0.2, 0) is 42.7 Å². The van der Waals surface area contributed by atoms with Gasteiger partial charge in [0.1, 0.15) is 37.6 Å². The van der Waals surface area contributed by atoms with Crippen molar-refractivity contribution in [2.24, 2.45) is 57.7 Å². The van der Waals surface area contributed by atoms with Crippen molar-refractivity contribution in [1.82, 2.24) is 10.6 Å². The van der Waals surface area contributed by atoms with Crippen molar-refractivity contribution in [3.05, 3.63) is 0 Å². The lowest BCUT2D eigenvalue weighted by Gasteiger charge is -2.50. The number of ether oxygens (including phenoxy) is 7. The van der Waals surface area contributed by atoms with Crippen LogP contribution in [0.2, 0.25) is 0 Å². The van der Waals surface area contributed by atoms with Crippen LogP contribution >= 0.6 is 0 Å². The van der Waals surface area contributed by atoms with Crippen molar-refractivity contribution in [3.63, 3.8) is 0 Å². The molecule has 2 amide bonds. The predicted molar refractivity (Wildman–Crippen MR) is 223 cm³/mol. The smallest absolute Gasteiger partial charge is 0.246 e. The van der Waals surface area contributed by atoms with Gasteiger partial charge in [0.2, 0.25) is 11.8 Å². The van der Waals surface area contributed by atoms with E-state index in [9.17, 15) is 40.2 Å². The van der Waals surface area contributed by atoms with Gasteiger partial charge in [-0.05, 0) is 25.7 Å². The minimum atomic E-state index is -1.35. The average molecular weight is 913 g/mol. The maximum atomic E-state index is 12.6. The molecule has 2 saturated heterocycles. The number of nitrogens with two attached hydrogens (primary N) is 8. The zero-order chi connectivity index (χ0) is 46.4. The van der Waals surface area contributed by atoms with E-state index < -0.39 is 146 Å². The molecule has 2 heterocycles. The predicted octanol–water partition coefficient (Wildman–Crippen LogP) is -9.56. The molecule has 0 radical (unpaired) electrons. The lowest BCUT2D eigenvalue weighted by molar-refractivity contribution is -0.217. The molecular weight excluding hydrogens is 836 g/mol. The minimum absolute atomic E-state index is 0.0876. The van der Waals surface area contributed by atoms with Crippen LogP contribution in [0.3, 0.4) is 0 Å². The highest BCUT2D eigenvalue weighted by atomic mass is 16.5. The molecule has 4 fully saturated rings. The van der Waals surface area contributed by atoms with Crippen molar-refractivity contribution in [2.45, 2.75) is 135 Å². The van der Waals surface area contributed by atoms with Gasteiger partial charge in [-0.3, -0.25) is 9.59 Å². The second-order valence-corrected chi connectivity index (χ2v) is 16.9. The molecule has 2 aliphatic heterocycles. The first-order chi connectivity index (χ1) is 30.0. The van der Waals surface area contributed by atoms with E-state index in [-0.39, 0.29) is 52.2 Å². The van der Waals surface area contributed by atoms with Gasteiger partial charge in [0.15, 0.2) is 0 Å². The molecule has 63 heavy (non-hydrogen) atoms. The van der Waals surface area contributed by atoms with Crippen LogP contribution in [0.1, 0.15) is 25.7 Å². The summed E-state index contributed by atoms with van der Waals surface area (Å²) in [4.78, 5) is 25.2. The highest BCUT2D eigenvalue weighted by Crippen LogP contribution is 2.37. The quantitative estimate of drug-likeness (QED) is 0.0400. The number of aliphatic hydroxyl groups is 6. The zero-order valence-corrected chi connectivity index (χ0v) is 35.8. The van der Waals surface area contributed by atoms with Crippen LogP contribution < -0.4 is 56.5 Å². The monoisotopic (exact) mass is 913 g/mol. The molecule has 0 spiro atoms. The van der Waals surface area contributed by atoms with E-state index in [1.807, 2.05) is 0 Å². The molecule has 20 atom stereocenters. The van der Waals surface area contributed by atoms with Crippen LogP contribution in [0.25, 0.3) is 0 Å². The molecule has 4 aliphatic rings. The summed E-state index contributed by atoms with van der Waals surface area (Å²) in [6.07, 6.45) is -11.8. The fraction of sp³-hybridized carbons (Fsp3) is 0.947. The summed E-state index contributed by atoms with van der Waals surface area (Å²) in [6, 6.07) is -4.87. The number of carbonyl (C=O) groups is 2. The third-order valence-corrected chi connectivity index (χ3v) is 12.4. The molecule has 0 aromatic carbocycles. The molecule has 2 aliphatic carbocycles. The molecule has 368 valence electrons. The van der Waals surface area contributed by atoms with Gasteiger partial charge in [0.25, 0.3) is 0 Å². The van der Waals surface area contributed by atoms with Gasteiger partial charge < -0.3 is 120 Å². The summed E-state index contributed by atoms with van der Waals surface area (Å²) in [7, 11) is 0. The number of amides is 2. The van der Waals surface area contributed by atoms with Crippen LogP contribution in [0, 0.1) is 11.8 Å². The first-order valence-electron chi connectivity index (χ1n) is 21.9. The number of aliphatic hydroxyl groups excluding tert-OH is 6. The number of nitrogens with one attached hydrogen (secondary N) is 2. The second-order valence-electron chi connectivity index (χ2n) is 16.9. The molecule has 25 nitrogen and oxygen atoms in total. The average Bonchev–Trinajstić information content (AvgIpc) is 3.25. The Morgan fingerprint density at radius 1 is 0.508 bits per heavy atom. The third kappa shape index (κ3) is 14.5. The van der Waals surface area contributed by atoms with Crippen molar-refractivity contribution in [3.8, 4) is 0 Å². The standard InChI is InChI=1S/C38H76N10O15/c39-13-21-31(53)33(55)27(45)35(62-21)25-17(41)11-19(43)29(51)37(25)60-15-23(49)47-3-9-58-7-1-5-57-6-2-8-59-10-4-48-24(50)16-61-38-26(18(42)12-20(44)30(38)52)36-28(46)34(56)32(54)22(14-40)63-36/h17-22,25-38,51-56H,1-16,39-46H2,(H,47,49)(H,48,50)/t17-,18-,19+,20+,21+,22+,25-,26-,27+,28+,29-,30-,31+,32+,33+,34+,35+,36+,37-,38-/m0/s1. The number of hydrogen-bond acceptors (Lipinski definition) is 23. The van der Waals surface area contributed by atoms with Gasteiger partial charge in [-0.25, -0.2) is 0 Å². The van der Waals surface area contributed by atoms with Gasteiger partial charge in [0.05, 0.1) is 74.1 Å². The number of carbonyl (C=O) groups excluding carboxylic acids is 2. The highest BCUT2D eigenvalue weighted by molar-refractivity contribution is 5.77. The van der Waals surface area contributed by atoms with Crippen LogP contribution in [0.15, 0.2) is 0 Å². The molecule has 0 unspecified atom stereocenters. The maximum Gasteiger partial charge on any atom is 0.246 e. The Balaban J connectivity index is 1.01. The largest absolute Gasteiger partial charge is 0.389 e. The third-order valence-electron chi connectivity index (χ3n) is 12.4. The summed E-state index contributed by atoms with van der Waals surface area (Å²) >= 11 is 0. The van der Waals surface area contributed by atoms with Crippen LogP contribution in [0.4, 0.5) is 0 Å². The molecular formula is C38H76N10O15. The van der Waals surface area contributed by atoms with Crippen LogP contribution in [-0.4, -0.2) is 231 Å². The van der Waals surface area contributed by atoms with Gasteiger partial charge in [-0.15, -0.1) is 0 Å². The fourth-order valence-corrected chi connectivity index (χ4v) is 8.85. The van der Waals surface area contributed by atoms with Gasteiger partial charge in [0, 0.05) is 88.6 Å². The van der Waals surface area contributed by atoms with E-state index in [4.69, 9.17) is 79.0 Å². The molecule has 0 bridgehead atoms. The Labute approximate surface area is 367 Å². The van der Waals surface area contributed by atoms with E-state index in [2.05, 4.69) is 10.6 Å². The Morgan fingerprint density at radius 3 is 1.21 bits per heavy atom. The lowest BCUT2D eigenvalue weighted by Crippen LogP contribution is -2.70. The first kappa shape index (κ1) is 53.7. The molecule has 24 N–H and O–H groups in total. The van der Waals surface area contributed by atoms with Gasteiger partial charge in [-0.2, -0.15) is 0 Å². The zero-order valence-electron chi connectivity index (χ0n) is 35.8. The summed E-state index contributed by atoms with van der Waals surface area (Å²) in [5, 5.41) is 68.8. The van der Waals surface area contributed by atoms with Crippen molar-refractivity contribution < 1.29 is 73.4 Å². The summed E-state index contributed by atoms with van der Waals surface area (Å²) in [6.45, 7) is 1.55. The van der Waals surface area contributed by atoms with E-state index in [0.29, 0.717) is 39.3 Å². The first-order valence-corrected chi connectivity index (χ1v) is 21.9. The van der Waals surface area contributed by atoms with Crippen LogP contribution in [0.5, 0.6) is 0 Å². The van der Waals surface area contributed by atoms with Crippen molar-refractivity contribution >= 4 is 11.8 Å². The Morgan fingerprint density at radius 2 is 0.857 bits per heavy atom. The van der Waals surface area contributed by atoms with Crippen molar-refractivity contribution in [1.29, 1.82) is 0 Å². The maximum absolute atomic E-state index is 12.6. The topological polar surface area (TPSA) is 452 Å². The van der Waals surface area contributed by atoms with Gasteiger partial charge in [-0.1, -0.05) is 0 Å². The summed E-state index contributed by atoms with van der Waals surface area (Å²) in [5.74, 6) is -2.44. The fourth-order valence-electron chi connectivity index (χ4n) is 8.85. The Bertz CT molecular complexity index is 1260. The van der Waals surface area contributed by atoms with E-state index >= 15 is 0 Å². The van der Waals surface area contributed by atoms with E-state index in [0.717, 1.165) is 0 Å². The van der Waals surface area contributed by atoms with E-state index in [1.54, 1.807) is 0 Å². The van der Waals surface area contributed by atoms with Crippen molar-refractivity contribution in [2.75, 3.05) is 79.0 Å². The lowest BCUT2D eigenvalue weighted by atomic mass is 9.71. The molecule has 0 aromatic heterocycles. The number of hydrogen-bond donors (Lipinski definition) is 16. The molecule has 25 heteroatoms. The number of rotatable bonds is 24. The molecule has 4 rings (SSSR count). The Hall–Kier alpha value is -1.90. The minimum Gasteiger partial charge on any atom is -0.389 e. The summed E-state index contributed by atoms with van der Waals surface area (Å²) < 4.78 is 40.3. The molecule has 2 saturated carbocycles. The SMILES string of the molecule is NC[C@H]1O[C@H]([C@H]2[C@H](OCC(=O)NCCOCCCOCCCOCCNC(=O)CO[C@@H]3[C@@H](O)[C@H](N)C[C@H](N)[C@H]3[C@H]3O[C@H](CN)[C@@H](O)[C@H](O)[C@H]3N)[C@@H](O)[C@H](N)C[C@@H]2N)[C@H](N)[C@@H](O)[C@@H]1O. The molecule has 0 aromatic rings. The van der Waals surface area contributed by atoms with Gasteiger partial charge >= 0.3 is 0 Å².